The molecular formula is C14H18N2O2. The number of piperazine rings is 3. The number of nitrogens with zero attached hydrogens (tertiary/aromatic N) is 2. The van der Waals surface area contributed by atoms with E-state index >= 15 is 0 Å². The van der Waals surface area contributed by atoms with Crippen molar-refractivity contribution in [1.29, 1.82) is 0 Å². The Labute approximate surface area is 107 Å². The maximum Gasteiger partial charge on any atom is 0.184 e. The molecule has 4 nitrogen and oxygen atoms in total. The maximum atomic E-state index is 12.6. The minimum atomic E-state index is 0.00352. The van der Waals surface area contributed by atoms with Gasteiger partial charge in [-0.05, 0) is 12.1 Å². The second kappa shape index (κ2) is 4.71. The highest BCUT2D eigenvalue weighted by atomic mass is 16.5. The number of fused-ring (bicyclic) bond motifs is 3. The van der Waals surface area contributed by atoms with Crippen molar-refractivity contribution in [3.05, 3.63) is 29.8 Å². The molecule has 0 amide bonds. The van der Waals surface area contributed by atoms with E-state index in [4.69, 9.17) is 4.74 Å². The summed E-state index contributed by atoms with van der Waals surface area (Å²) in [6.45, 7) is 5.05. The number of Topliss-reactive ketones (excluding diaryl/α,β-unsaturated/α-hetero) is 1. The lowest BCUT2D eigenvalue weighted by molar-refractivity contribution is 0.0158. The highest BCUT2D eigenvalue weighted by Gasteiger charge is 2.37. The molecule has 4 rings (SSSR count). The molecule has 1 aromatic carbocycles. The number of methoxy groups -OCH3 is 1. The monoisotopic (exact) mass is 246 g/mol. The fourth-order valence-electron chi connectivity index (χ4n) is 2.89. The van der Waals surface area contributed by atoms with Crippen molar-refractivity contribution < 1.29 is 9.53 Å². The Bertz CT molecular complexity index is 453. The second-order valence-electron chi connectivity index (χ2n) is 4.92. The van der Waals surface area contributed by atoms with Crippen LogP contribution < -0.4 is 4.74 Å². The summed E-state index contributed by atoms with van der Waals surface area (Å²) in [5.41, 5.74) is 0.707. The predicted molar refractivity (Wildman–Crippen MR) is 69.1 cm³/mol. The van der Waals surface area contributed by atoms with Gasteiger partial charge in [-0.3, -0.25) is 14.6 Å². The number of para-hydroxylation sites is 1. The third-order valence-corrected chi connectivity index (χ3v) is 3.95. The van der Waals surface area contributed by atoms with Crippen molar-refractivity contribution in [3.8, 4) is 5.75 Å². The number of carbonyl (C=O) groups excluding carboxylic acids is 1. The van der Waals surface area contributed by atoms with Gasteiger partial charge in [-0.1, -0.05) is 12.1 Å². The van der Waals surface area contributed by atoms with Crippen molar-refractivity contribution in [3.63, 3.8) is 0 Å². The normalized spacial score (nSPS) is 30.2. The summed E-state index contributed by atoms with van der Waals surface area (Å²) >= 11 is 0. The van der Waals surface area contributed by atoms with Crippen molar-refractivity contribution >= 4 is 5.78 Å². The van der Waals surface area contributed by atoms with Crippen LogP contribution in [0.5, 0.6) is 5.75 Å². The van der Waals surface area contributed by atoms with Gasteiger partial charge in [-0.25, -0.2) is 0 Å². The molecule has 2 bridgehead atoms. The van der Waals surface area contributed by atoms with E-state index in [9.17, 15) is 4.79 Å². The first kappa shape index (κ1) is 11.7. The van der Waals surface area contributed by atoms with E-state index in [1.165, 1.54) is 0 Å². The molecule has 1 atom stereocenters. The van der Waals surface area contributed by atoms with E-state index in [1.54, 1.807) is 7.11 Å². The Morgan fingerprint density at radius 3 is 2.56 bits per heavy atom. The van der Waals surface area contributed by atoms with E-state index in [1.807, 2.05) is 24.3 Å². The maximum absolute atomic E-state index is 12.6. The van der Waals surface area contributed by atoms with Gasteiger partial charge in [0.05, 0.1) is 18.7 Å². The van der Waals surface area contributed by atoms with Gasteiger partial charge in [0.2, 0.25) is 0 Å². The highest BCUT2D eigenvalue weighted by molar-refractivity contribution is 6.02. The van der Waals surface area contributed by atoms with Gasteiger partial charge >= 0.3 is 0 Å². The summed E-state index contributed by atoms with van der Waals surface area (Å²) in [7, 11) is 1.61. The first-order chi connectivity index (χ1) is 8.79. The van der Waals surface area contributed by atoms with Crippen LogP contribution in [0.3, 0.4) is 0 Å². The van der Waals surface area contributed by atoms with Crippen LogP contribution in [0.4, 0.5) is 0 Å². The number of ether oxygens (including phenoxy) is 1. The number of ketones is 1. The van der Waals surface area contributed by atoms with Gasteiger partial charge in [-0.15, -0.1) is 0 Å². The molecule has 0 N–H and O–H groups in total. The molecule has 0 spiro atoms. The van der Waals surface area contributed by atoms with E-state index in [2.05, 4.69) is 9.80 Å². The molecular weight excluding hydrogens is 228 g/mol. The van der Waals surface area contributed by atoms with E-state index < -0.39 is 0 Å². The lowest BCUT2D eigenvalue weighted by Crippen LogP contribution is -2.63. The van der Waals surface area contributed by atoms with Gasteiger partial charge in [0.15, 0.2) is 5.78 Å². The minimum absolute atomic E-state index is 0.00352. The zero-order chi connectivity index (χ0) is 12.5. The van der Waals surface area contributed by atoms with Crippen LogP contribution in [0, 0.1) is 0 Å². The van der Waals surface area contributed by atoms with Gasteiger partial charge < -0.3 is 4.74 Å². The van der Waals surface area contributed by atoms with Gasteiger partial charge in [0, 0.05) is 32.7 Å². The number of carbonyl (C=O) groups is 1. The molecule has 1 aromatic rings. The molecule has 0 aliphatic carbocycles. The van der Waals surface area contributed by atoms with Crippen LogP contribution in [0.1, 0.15) is 10.4 Å². The molecule has 3 heterocycles. The van der Waals surface area contributed by atoms with Crippen LogP contribution in [0.25, 0.3) is 0 Å². The minimum Gasteiger partial charge on any atom is -0.496 e. The summed E-state index contributed by atoms with van der Waals surface area (Å²) < 4.78 is 5.28. The summed E-state index contributed by atoms with van der Waals surface area (Å²) in [6, 6.07) is 7.51. The van der Waals surface area contributed by atoms with Crippen LogP contribution in [-0.2, 0) is 0 Å². The average Bonchev–Trinajstić information content (AvgIpc) is 2.47. The SMILES string of the molecule is COc1ccccc1C(=O)C1CN2CCN1CC2. The molecule has 4 heteroatoms. The Balaban J connectivity index is 1.86. The fourth-order valence-corrected chi connectivity index (χ4v) is 2.89. The lowest BCUT2D eigenvalue weighted by atomic mass is 9.97. The second-order valence-corrected chi connectivity index (χ2v) is 4.92. The van der Waals surface area contributed by atoms with E-state index in [-0.39, 0.29) is 11.8 Å². The Morgan fingerprint density at radius 2 is 1.94 bits per heavy atom. The summed E-state index contributed by atoms with van der Waals surface area (Å²) in [4.78, 5) is 17.3. The average molecular weight is 246 g/mol. The highest BCUT2D eigenvalue weighted by Crippen LogP contribution is 2.24. The number of hydrogen-bond acceptors (Lipinski definition) is 4. The third-order valence-electron chi connectivity index (χ3n) is 3.95. The van der Waals surface area contributed by atoms with Crippen molar-refractivity contribution in [2.75, 3.05) is 39.8 Å². The van der Waals surface area contributed by atoms with Crippen LogP contribution in [0.2, 0.25) is 0 Å². The predicted octanol–water partition coefficient (Wildman–Crippen LogP) is 0.878. The summed E-state index contributed by atoms with van der Waals surface area (Å²) in [6.07, 6.45) is 0. The van der Waals surface area contributed by atoms with E-state index in [0.29, 0.717) is 11.3 Å². The standard InChI is InChI=1S/C14H18N2O2/c1-18-13-5-3-2-4-11(13)14(17)12-10-15-6-8-16(12)9-7-15/h2-5,12H,6-10H2,1H3. The molecule has 0 radical (unpaired) electrons. The van der Waals surface area contributed by atoms with Gasteiger partial charge in [0.25, 0.3) is 0 Å². The molecule has 3 aliphatic rings. The third kappa shape index (κ3) is 1.91. The lowest BCUT2D eigenvalue weighted by Gasteiger charge is -2.46. The van der Waals surface area contributed by atoms with Crippen LogP contribution in [-0.4, -0.2) is 61.5 Å². The molecule has 3 saturated heterocycles. The number of benzene rings is 1. The zero-order valence-corrected chi connectivity index (χ0v) is 10.6. The van der Waals surface area contributed by atoms with Crippen molar-refractivity contribution in [1.82, 2.24) is 9.80 Å². The van der Waals surface area contributed by atoms with Crippen molar-refractivity contribution in [2.24, 2.45) is 0 Å². The molecule has 0 saturated carbocycles. The first-order valence-electron chi connectivity index (χ1n) is 6.43. The molecule has 0 aromatic heterocycles. The Hall–Kier alpha value is -1.39. The number of hydrogen-bond donors (Lipinski definition) is 0. The fraction of sp³-hybridized carbons (Fsp3) is 0.500. The first-order valence-corrected chi connectivity index (χ1v) is 6.43. The molecule has 1 unspecified atom stereocenters. The largest absolute Gasteiger partial charge is 0.496 e. The van der Waals surface area contributed by atoms with Crippen LogP contribution in [0.15, 0.2) is 24.3 Å². The van der Waals surface area contributed by atoms with Crippen molar-refractivity contribution in [2.45, 2.75) is 6.04 Å². The Morgan fingerprint density at radius 1 is 1.22 bits per heavy atom. The number of rotatable bonds is 3. The van der Waals surface area contributed by atoms with Gasteiger partial charge in [-0.2, -0.15) is 0 Å². The van der Waals surface area contributed by atoms with Crippen LogP contribution >= 0.6 is 0 Å². The quantitative estimate of drug-likeness (QED) is 0.741. The Kier molecular flexibility index (Phi) is 3.06. The summed E-state index contributed by atoms with van der Waals surface area (Å²) in [5, 5.41) is 0. The van der Waals surface area contributed by atoms with Gasteiger partial charge in [0.1, 0.15) is 5.75 Å². The topological polar surface area (TPSA) is 32.8 Å². The van der Waals surface area contributed by atoms with E-state index in [0.717, 1.165) is 32.7 Å². The smallest absolute Gasteiger partial charge is 0.184 e. The summed E-state index contributed by atoms with van der Waals surface area (Å²) in [5.74, 6) is 0.872. The molecule has 3 fully saturated rings. The molecule has 18 heavy (non-hydrogen) atoms. The zero-order valence-electron chi connectivity index (χ0n) is 10.6. The molecule has 3 aliphatic heterocycles. The molecule has 96 valence electrons.